The van der Waals surface area contributed by atoms with E-state index in [4.69, 9.17) is 10.5 Å². The average molecular weight is 412 g/mol. The number of aliphatic imine (C=N–C) groups is 1. The lowest BCUT2D eigenvalue weighted by molar-refractivity contribution is -0.384. The van der Waals surface area contributed by atoms with Gasteiger partial charge in [0.1, 0.15) is 23.1 Å². The standard InChI is InChI=1S/C23H16N4O4/c24-12-18-20(14-6-9-17(10-7-14)27(29)30)21-19(28)11-8-15(22(21)31-23(18)25)13-26-16-4-2-1-3-5-16/h1-11,13,20,28H,25H2/t20-/m0/s1. The lowest BCUT2D eigenvalue weighted by atomic mass is 9.82. The molecule has 1 aliphatic heterocycles. The molecule has 152 valence electrons. The van der Waals surface area contributed by atoms with Gasteiger partial charge in [0.2, 0.25) is 5.88 Å². The number of hydrogen-bond donors (Lipinski definition) is 2. The minimum atomic E-state index is -0.750. The summed E-state index contributed by atoms with van der Waals surface area (Å²) in [6, 6.07) is 20.2. The average Bonchev–Trinajstić information content (AvgIpc) is 2.78. The summed E-state index contributed by atoms with van der Waals surface area (Å²) in [5.41, 5.74) is 8.25. The summed E-state index contributed by atoms with van der Waals surface area (Å²) in [6.07, 6.45) is 1.59. The minimum Gasteiger partial charge on any atom is -0.507 e. The molecule has 1 atom stereocenters. The molecule has 3 aromatic rings. The highest BCUT2D eigenvalue weighted by Crippen LogP contribution is 2.47. The Labute approximate surface area is 177 Å². The quantitative estimate of drug-likeness (QED) is 0.373. The Morgan fingerprint density at radius 3 is 2.48 bits per heavy atom. The Kier molecular flexibility index (Phi) is 5.08. The zero-order valence-corrected chi connectivity index (χ0v) is 16.1. The van der Waals surface area contributed by atoms with Gasteiger partial charge in [-0.05, 0) is 29.8 Å². The molecule has 8 nitrogen and oxygen atoms in total. The van der Waals surface area contributed by atoms with Crippen LogP contribution in [0, 0.1) is 21.4 Å². The molecule has 3 N–H and O–H groups in total. The van der Waals surface area contributed by atoms with Crippen molar-refractivity contribution in [2.24, 2.45) is 10.7 Å². The van der Waals surface area contributed by atoms with E-state index < -0.39 is 10.8 Å². The summed E-state index contributed by atoms with van der Waals surface area (Å²) in [7, 11) is 0. The summed E-state index contributed by atoms with van der Waals surface area (Å²) in [4.78, 5) is 14.9. The summed E-state index contributed by atoms with van der Waals surface area (Å²) >= 11 is 0. The highest BCUT2D eigenvalue weighted by atomic mass is 16.6. The van der Waals surface area contributed by atoms with Gasteiger partial charge in [-0.1, -0.05) is 30.3 Å². The summed E-state index contributed by atoms with van der Waals surface area (Å²) in [5, 5.41) is 31.3. The Hall–Kier alpha value is -4.64. The van der Waals surface area contributed by atoms with Crippen LogP contribution >= 0.6 is 0 Å². The number of rotatable bonds is 4. The van der Waals surface area contributed by atoms with Gasteiger partial charge >= 0.3 is 0 Å². The molecule has 0 radical (unpaired) electrons. The molecule has 0 saturated heterocycles. The molecule has 0 amide bonds. The molecular formula is C23H16N4O4. The van der Waals surface area contributed by atoms with Crippen molar-refractivity contribution >= 4 is 17.6 Å². The van der Waals surface area contributed by atoms with Gasteiger partial charge in [-0.15, -0.1) is 0 Å². The Balaban J connectivity index is 1.85. The molecular weight excluding hydrogens is 396 g/mol. The van der Waals surface area contributed by atoms with Crippen molar-refractivity contribution in [1.82, 2.24) is 0 Å². The third-order valence-electron chi connectivity index (χ3n) is 4.92. The van der Waals surface area contributed by atoms with Crippen LogP contribution in [-0.4, -0.2) is 16.2 Å². The number of phenols is 1. The van der Waals surface area contributed by atoms with Crippen molar-refractivity contribution in [2.75, 3.05) is 0 Å². The van der Waals surface area contributed by atoms with Crippen LogP contribution in [-0.2, 0) is 0 Å². The smallest absolute Gasteiger partial charge is 0.269 e. The van der Waals surface area contributed by atoms with E-state index in [0.29, 0.717) is 16.7 Å². The molecule has 0 spiro atoms. The van der Waals surface area contributed by atoms with Crippen molar-refractivity contribution in [3.63, 3.8) is 0 Å². The van der Waals surface area contributed by atoms with E-state index in [2.05, 4.69) is 4.99 Å². The number of fused-ring (bicyclic) bond motifs is 1. The number of allylic oxidation sites excluding steroid dienone is 1. The van der Waals surface area contributed by atoms with Gasteiger partial charge in [-0.25, -0.2) is 0 Å². The van der Waals surface area contributed by atoms with Gasteiger partial charge in [-0.2, -0.15) is 5.26 Å². The second-order valence-electron chi connectivity index (χ2n) is 6.78. The normalized spacial score (nSPS) is 15.3. The van der Waals surface area contributed by atoms with Crippen molar-refractivity contribution in [1.29, 1.82) is 5.26 Å². The van der Waals surface area contributed by atoms with E-state index in [9.17, 15) is 20.5 Å². The molecule has 0 fully saturated rings. The van der Waals surface area contributed by atoms with Gasteiger partial charge < -0.3 is 15.6 Å². The van der Waals surface area contributed by atoms with Gasteiger partial charge in [-0.3, -0.25) is 15.1 Å². The molecule has 31 heavy (non-hydrogen) atoms. The number of aromatic hydroxyl groups is 1. The molecule has 1 aliphatic rings. The molecule has 0 aliphatic carbocycles. The number of benzene rings is 3. The second kappa shape index (κ2) is 8.00. The third kappa shape index (κ3) is 3.68. The van der Waals surface area contributed by atoms with Crippen LogP contribution in [0.4, 0.5) is 11.4 Å². The first-order chi connectivity index (χ1) is 15.0. The molecule has 0 unspecified atom stereocenters. The first-order valence-electron chi connectivity index (χ1n) is 9.26. The lowest BCUT2D eigenvalue weighted by Gasteiger charge is -2.28. The van der Waals surface area contributed by atoms with E-state index in [1.165, 1.54) is 30.3 Å². The third-order valence-corrected chi connectivity index (χ3v) is 4.92. The van der Waals surface area contributed by atoms with Gasteiger partial charge in [0.15, 0.2) is 0 Å². The van der Waals surface area contributed by atoms with E-state index in [0.717, 1.165) is 5.69 Å². The Bertz CT molecular complexity index is 1260. The molecule has 0 bridgehead atoms. The minimum absolute atomic E-state index is 0.0838. The molecule has 1 heterocycles. The number of phenolic OH excluding ortho intramolecular Hbond substituents is 1. The zero-order valence-electron chi connectivity index (χ0n) is 16.1. The number of nitro groups is 1. The van der Waals surface area contributed by atoms with Crippen molar-refractivity contribution in [3.05, 3.63) is 105 Å². The van der Waals surface area contributed by atoms with Crippen LogP contribution in [0.3, 0.4) is 0 Å². The van der Waals surface area contributed by atoms with Gasteiger partial charge in [0, 0.05) is 23.9 Å². The molecule has 4 rings (SSSR count). The highest BCUT2D eigenvalue weighted by Gasteiger charge is 2.34. The van der Waals surface area contributed by atoms with Crippen molar-refractivity contribution in [3.8, 4) is 17.6 Å². The number of nitrogens with zero attached hydrogens (tertiary/aromatic N) is 3. The Morgan fingerprint density at radius 1 is 1.13 bits per heavy atom. The van der Waals surface area contributed by atoms with Gasteiger partial charge in [0.25, 0.3) is 5.69 Å². The SMILES string of the molecule is N#CC1=C(N)Oc2c(C=Nc3ccccc3)ccc(O)c2[C@H]1c1ccc([N+](=O)[O-])cc1. The van der Waals surface area contributed by atoms with Gasteiger partial charge in [0.05, 0.1) is 22.1 Å². The maximum atomic E-state index is 11.0. The summed E-state index contributed by atoms with van der Waals surface area (Å²) < 4.78 is 5.72. The van der Waals surface area contributed by atoms with Crippen molar-refractivity contribution in [2.45, 2.75) is 5.92 Å². The maximum Gasteiger partial charge on any atom is 0.269 e. The number of hydrogen-bond acceptors (Lipinski definition) is 7. The van der Waals surface area contributed by atoms with Crippen LogP contribution in [0.1, 0.15) is 22.6 Å². The predicted octanol–water partition coefficient (Wildman–Crippen LogP) is 4.27. The fraction of sp³-hybridized carbons (Fsp3) is 0.0435. The number of non-ortho nitro benzene ring substituents is 1. The first kappa shape index (κ1) is 19.7. The van der Waals surface area contributed by atoms with Crippen LogP contribution in [0.2, 0.25) is 0 Å². The zero-order chi connectivity index (χ0) is 22.0. The highest BCUT2D eigenvalue weighted by molar-refractivity contribution is 5.88. The second-order valence-corrected chi connectivity index (χ2v) is 6.78. The van der Waals surface area contributed by atoms with Crippen LogP contribution in [0.15, 0.2) is 83.2 Å². The Morgan fingerprint density at radius 2 is 1.84 bits per heavy atom. The largest absolute Gasteiger partial charge is 0.507 e. The fourth-order valence-corrected chi connectivity index (χ4v) is 3.45. The van der Waals surface area contributed by atoms with E-state index in [1.807, 2.05) is 36.4 Å². The predicted molar refractivity (Wildman–Crippen MR) is 114 cm³/mol. The molecule has 3 aromatic carbocycles. The number of ether oxygens (including phenoxy) is 1. The molecule has 8 heteroatoms. The van der Waals surface area contributed by atoms with E-state index >= 15 is 0 Å². The van der Waals surface area contributed by atoms with Crippen LogP contribution in [0.5, 0.6) is 11.5 Å². The lowest BCUT2D eigenvalue weighted by Crippen LogP contribution is -2.22. The topological polar surface area (TPSA) is 135 Å². The molecule has 0 saturated carbocycles. The summed E-state index contributed by atoms with van der Waals surface area (Å²) in [6.45, 7) is 0. The van der Waals surface area contributed by atoms with Crippen molar-refractivity contribution < 1.29 is 14.8 Å². The van der Waals surface area contributed by atoms with E-state index in [1.54, 1.807) is 12.3 Å². The number of para-hydroxylation sites is 1. The first-order valence-corrected chi connectivity index (χ1v) is 9.26. The van der Waals surface area contributed by atoms with E-state index in [-0.39, 0.29) is 28.6 Å². The van der Waals surface area contributed by atoms with Crippen LogP contribution < -0.4 is 10.5 Å². The summed E-state index contributed by atoms with van der Waals surface area (Å²) in [5.74, 6) is -0.659. The monoisotopic (exact) mass is 412 g/mol. The molecule has 0 aromatic heterocycles. The number of nitrogens with two attached hydrogens (primary N) is 1. The fourth-order valence-electron chi connectivity index (χ4n) is 3.45. The maximum absolute atomic E-state index is 11.0. The number of nitriles is 1. The van der Waals surface area contributed by atoms with Crippen LogP contribution in [0.25, 0.3) is 0 Å². The number of nitro benzene ring substituents is 1.